The van der Waals surface area contributed by atoms with Crippen molar-refractivity contribution in [1.29, 1.82) is 0 Å². The van der Waals surface area contributed by atoms with Crippen molar-refractivity contribution < 1.29 is 0 Å². The van der Waals surface area contributed by atoms with Gasteiger partial charge in [0.05, 0.1) is 0 Å². The first-order valence-corrected chi connectivity index (χ1v) is 8.07. The summed E-state index contributed by atoms with van der Waals surface area (Å²) >= 11 is 0. The first-order chi connectivity index (χ1) is 8.75. The predicted octanol–water partition coefficient (Wildman–Crippen LogP) is 6.53. The van der Waals surface area contributed by atoms with Gasteiger partial charge in [0.1, 0.15) is 0 Å². The van der Waals surface area contributed by atoms with Gasteiger partial charge in [-0.3, -0.25) is 0 Å². The summed E-state index contributed by atoms with van der Waals surface area (Å²) in [5, 5.41) is 0. The number of rotatable bonds is 1. The van der Waals surface area contributed by atoms with Crippen LogP contribution in [0.5, 0.6) is 0 Å². The molecule has 0 bridgehead atoms. The molecule has 0 saturated carbocycles. The zero-order chi connectivity index (χ0) is 14.0. The fourth-order valence-electron chi connectivity index (χ4n) is 2.83. The molecule has 0 aromatic heterocycles. The minimum Gasteiger partial charge on any atom is -0.0853 e. The lowest BCUT2D eigenvalue weighted by molar-refractivity contribution is 0.281. The van der Waals surface area contributed by atoms with Crippen molar-refractivity contribution in [2.45, 2.75) is 80.1 Å². The maximum absolute atomic E-state index is 2.47. The summed E-state index contributed by atoms with van der Waals surface area (Å²) in [7, 11) is 0. The molecule has 0 heteroatoms. The molecule has 0 heterocycles. The molecule has 0 nitrogen and oxygen atoms in total. The van der Waals surface area contributed by atoms with Crippen molar-refractivity contribution in [1.82, 2.24) is 0 Å². The van der Waals surface area contributed by atoms with Gasteiger partial charge in [0, 0.05) is 0 Å². The second-order valence-electron chi connectivity index (χ2n) is 5.17. The van der Waals surface area contributed by atoms with Crippen molar-refractivity contribution in [3.63, 3.8) is 0 Å². The summed E-state index contributed by atoms with van der Waals surface area (Å²) in [6.45, 7) is 12.6. The summed E-state index contributed by atoms with van der Waals surface area (Å²) in [4.78, 5) is 0. The van der Waals surface area contributed by atoms with Gasteiger partial charge >= 0.3 is 0 Å². The summed E-state index contributed by atoms with van der Waals surface area (Å²) in [6.07, 6.45) is 13.2. The normalized spacial score (nSPS) is 26.8. The van der Waals surface area contributed by atoms with Gasteiger partial charge < -0.3 is 0 Å². The van der Waals surface area contributed by atoms with Crippen molar-refractivity contribution in [3.05, 3.63) is 23.3 Å². The van der Waals surface area contributed by atoms with Gasteiger partial charge in [0.2, 0.25) is 0 Å². The summed E-state index contributed by atoms with van der Waals surface area (Å²) in [5.41, 5.74) is 3.23. The third-order valence-corrected chi connectivity index (χ3v) is 4.02. The fraction of sp³-hybridized carbons (Fsp3) is 0.778. The highest BCUT2D eigenvalue weighted by Gasteiger charge is 2.23. The van der Waals surface area contributed by atoms with Gasteiger partial charge in [-0.15, -0.1) is 0 Å². The van der Waals surface area contributed by atoms with Crippen LogP contribution in [0.15, 0.2) is 23.3 Å². The molecular weight excluding hydrogens is 216 g/mol. The lowest BCUT2D eigenvalue weighted by Gasteiger charge is -2.31. The quantitative estimate of drug-likeness (QED) is 0.464. The van der Waals surface area contributed by atoms with Crippen molar-refractivity contribution in [2.75, 3.05) is 0 Å². The third-order valence-electron chi connectivity index (χ3n) is 4.02. The molecule has 2 unspecified atom stereocenters. The third kappa shape index (κ3) is 5.89. The van der Waals surface area contributed by atoms with Gasteiger partial charge in [-0.1, -0.05) is 51.0 Å². The zero-order valence-electron chi connectivity index (χ0n) is 13.6. The van der Waals surface area contributed by atoms with Crippen molar-refractivity contribution in [2.24, 2.45) is 11.8 Å². The Morgan fingerprint density at radius 2 is 1.06 bits per heavy atom. The highest BCUT2D eigenvalue weighted by molar-refractivity contribution is 5.07. The molecule has 18 heavy (non-hydrogen) atoms. The van der Waals surface area contributed by atoms with E-state index in [-0.39, 0.29) is 0 Å². The van der Waals surface area contributed by atoms with Crippen LogP contribution >= 0.6 is 0 Å². The van der Waals surface area contributed by atoms with Crippen LogP contribution in [0.1, 0.15) is 80.1 Å². The van der Waals surface area contributed by atoms with Crippen LogP contribution in [0, 0.1) is 11.8 Å². The second kappa shape index (κ2) is 10.4. The van der Waals surface area contributed by atoms with Gasteiger partial charge in [-0.05, 0) is 64.2 Å². The largest absolute Gasteiger partial charge is 0.0853 e. The highest BCUT2D eigenvalue weighted by Crippen LogP contribution is 2.36. The standard InChI is InChI=1S/C14H22.2C2H6/c1-11-3-7-13(8-4-11)14-9-5-12(2)6-10-14;2*1-2/h3,5,13-14H,4,6-10H2,1-2H3;2*1-2H3. The van der Waals surface area contributed by atoms with Crippen LogP contribution in [0.2, 0.25) is 0 Å². The van der Waals surface area contributed by atoms with E-state index < -0.39 is 0 Å². The van der Waals surface area contributed by atoms with Gasteiger partial charge in [0.15, 0.2) is 0 Å². The molecule has 0 spiro atoms. The molecule has 106 valence electrons. The van der Waals surface area contributed by atoms with Crippen LogP contribution < -0.4 is 0 Å². The first kappa shape index (κ1) is 17.5. The summed E-state index contributed by atoms with van der Waals surface area (Å²) < 4.78 is 0. The van der Waals surface area contributed by atoms with Crippen LogP contribution in [-0.4, -0.2) is 0 Å². The van der Waals surface area contributed by atoms with E-state index in [1.807, 2.05) is 27.7 Å². The van der Waals surface area contributed by atoms with E-state index in [2.05, 4.69) is 26.0 Å². The van der Waals surface area contributed by atoms with E-state index in [1.54, 1.807) is 11.1 Å². The molecule has 0 radical (unpaired) electrons. The monoisotopic (exact) mass is 250 g/mol. The van der Waals surface area contributed by atoms with Crippen molar-refractivity contribution >= 4 is 0 Å². The molecule has 2 aliphatic carbocycles. The maximum Gasteiger partial charge on any atom is -0.0317 e. The Balaban J connectivity index is 0.000000659. The van der Waals surface area contributed by atoms with E-state index >= 15 is 0 Å². The minimum atomic E-state index is 0.989. The molecule has 0 aromatic rings. The van der Waals surface area contributed by atoms with E-state index in [1.165, 1.54) is 38.5 Å². The Labute approximate surface area is 116 Å². The Kier molecular flexibility index (Phi) is 10.1. The average molecular weight is 250 g/mol. The highest BCUT2D eigenvalue weighted by atomic mass is 14.3. The topological polar surface area (TPSA) is 0 Å². The first-order valence-electron chi connectivity index (χ1n) is 8.07. The Morgan fingerprint density at radius 3 is 1.28 bits per heavy atom. The molecule has 0 fully saturated rings. The molecule has 2 atom stereocenters. The number of allylic oxidation sites excluding steroid dienone is 4. The minimum absolute atomic E-state index is 0.989. The number of hydrogen-bond donors (Lipinski definition) is 0. The lowest BCUT2D eigenvalue weighted by atomic mass is 9.75. The van der Waals surface area contributed by atoms with Gasteiger partial charge in [-0.25, -0.2) is 0 Å². The Morgan fingerprint density at radius 1 is 0.722 bits per heavy atom. The molecule has 2 aliphatic rings. The van der Waals surface area contributed by atoms with E-state index in [0.717, 1.165) is 11.8 Å². The second-order valence-corrected chi connectivity index (χ2v) is 5.17. The van der Waals surface area contributed by atoms with Crippen LogP contribution in [0.25, 0.3) is 0 Å². The number of hydrogen-bond acceptors (Lipinski definition) is 0. The van der Waals surface area contributed by atoms with Gasteiger partial charge in [-0.2, -0.15) is 0 Å². The molecule has 0 aromatic carbocycles. The molecule has 0 amide bonds. The Bertz CT molecular complexity index is 229. The SMILES string of the molecule is CC.CC.CC1=CCC(C2CC=C(C)CC2)CC1. The molecular formula is C18H34. The van der Waals surface area contributed by atoms with Crippen LogP contribution in [0.4, 0.5) is 0 Å². The van der Waals surface area contributed by atoms with Crippen molar-refractivity contribution in [3.8, 4) is 0 Å². The maximum atomic E-state index is 2.47. The van der Waals surface area contributed by atoms with Crippen LogP contribution in [-0.2, 0) is 0 Å². The molecule has 2 rings (SSSR count). The Hall–Kier alpha value is -0.520. The van der Waals surface area contributed by atoms with E-state index in [9.17, 15) is 0 Å². The lowest BCUT2D eigenvalue weighted by Crippen LogP contribution is -2.18. The van der Waals surface area contributed by atoms with Gasteiger partial charge in [0.25, 0.3) is 0 Å². The average Bonchev–Trinajstić information content (AvgIpc) is 2.45. The molecule has 0 saturated heterocycles. The molecule has 0 N–H and O–H groups in total. The zero-order valence-corrected chi connectivity index (χ0v) is 13.6. The smallest absolute Gasteiger partial charge is 0.0317 e. The van der Waals surface area contributed by atoms with E-state index in [0.29, 0.717) is 0 Å². The summed E-state index contributed by atoms with van der Waals surface area (Å²) in [5.74, 6) is 1.98. The summed E-state index contributed by atoms with van der Waals surface area (Å²) in [6, 6.07) is 0. The molecule has 0 aliphatic heterocycles. The fourth-order valence-corrected chi connectivity index (χ4v) is 2.83. The predicted molar refractivity (Wildman–Crippen MR) is 84.9 cm³/mol. The van der Waals surface area contributed by atoms with Crippen LogP contribution in [0.3, 0.4) is 0 Å². The van der Waals surface area contributed by atoms with E-state index in [4.69, 9.17) is 0 Å².